The summed E-state index contributed by atoms with van der Waals surface area (Å²) in [4.78, 5) is 23.4. The highest BCUT2D eigenvalue weighted by Gasteiger charge is 2.30. The summed E-state index contributed by atoms with van der Waals surface area (Å²) in [5.41, 5.74) is 1.72. The van der Waals surface area contributed by atoms with Crippen LogP contribution < -0.4 is 10.4 Å². The summed E-state index contributed by atoms with van der Waals surface area (Å²) in [5.74, 6) is -2.80. The molecular formula is C15H15BrNO3-. The van der Waals surface area contributed by atoms with Crippen LogP contribution >= 0.6 is 15.9 Å². The van der Waals surface area contributed by atoms with Crippen LogP contribution in [-0.2, 0) is 9.59 Å². The Morgan fingerprint density at radius 3 is 2.50 bits per heavy atom. The van der Waals surface area contributed by atoms with Crippen molar-refractivity contribution in [1.29, 1.82) is 0 Å². The van der Waals surface area contributed by atoms with Gasteiger partial charge in [0.2, 0.25) is 5.91 Å². The number of aliphatic carboxylic acids is 1. The third kappa shape index (κ3) is 3.28. The van der Waals surface area contributed by atoms with Gasteiger partial charge >= 0.3 is 0 Å². The molecule has 0 spiro atoms. The first kappa shape index (κ1) is 14.8. The highest BCUT2D eigenvalue weighted by atomic mass is 79.9. The first-order chi connectivity index (χ1) is 9.49. The van der Waals surface area contributed by atoms with E-state index in [-0.39, 0.29) is 5.91 Å². The number of carboxylic acids is 1. The number of aryl methyl sites for hydroxylation is 1. The Balaban J connectivity index is 2.14. The molecule has 1 aliphatic rings. The molecule has 2 atom stereocenters. The molecule has 4 nitrogen and oxygen atoms in total. The Morgan fingerprint density at radius 1 is 1.25 bits per heavy atom. The molecule has 0 saturated carbocycles. The Kier molecular flexibility index (Phi) is 4.60. The Morgan fingerprint density at radius 2 is 1.90 bits per heavy atom. The maximum atomic E-state index is 12.3. The lowest BCUT2D eigenvalue weighted by atomic mass is 9.82. The predicted octanol–water partition coefficient (Wildman–Crippen LogP) is 2.03. The van der Waals surface area contributed by atoms with E-state index in [1.54, 1.807) is 12.1 Å². The van der Waals surface area contributed by atoms with Gasteiger partial charge < -0.3 is 15.2 Å². The summed E-state index contributed by atoms with van der Waals surface area (Å²) in [6, 6.07) is 5.58. The quantitative estimate of drug-likeness (QED) is 0.858. The van der Waals surface area contributed by atoms with E-state index in [0.29, 0.717) is 18.5 Å². The molecule has 2 rings (SSSR count). The number of carboxylic acid groups (broad SMARTS) is 1. The van der Waals surface area contributed by atoms with Crippen LogP contribution in [0.4, 0.5) is 5.69 Å². The zero-order valence-corrected chi connectivity index (χ0v) is 12.6. The fourth-order valence-corrected chi connectivity index (χ4v) is 2.90. The van der Waals surface area contributed by atoms with Crippen LogP contribution in [-0.4, -0.2) is 11.9 Å². The van der Waals surface area contributed by atoms with Crippen LogP contribution in [0.1, 0.15) is 18.4 Å². The Hall–Kier alpha value is -1.62. The second-order valence-electron chi connectivity index (χ2n) is 4.95. The molecule has 0 bridgehead atoms. The molecule has 0 aromatic heterocycles. The van der Waals surface area contributed by atoms with Crippen molar-refractivity contribution in [2.45, 2.75) is 19.8 Å². The van der Waals surface area contributed by atoms with Crippen LogP contribution in [0.3, 0.4) is 0 Å². The van der Waals surface area contributed by atoms with Crippen LogP contribution in [0.2, 0.25) is 0 Å². The molecule has 1 amide bonds. The topological polar surface area (TPSA) is 69.2 Å². The minimum absolute atomic E-state index is 0.284. The van der Waals surface area contributed by atoms with Crippen LogP contribution in [0.5, 0.6) is 0 Å². The van der Waals surface area contributed by atoms with Gasteiger partial charge in [-0.15, -0.1) is 0 Å². The number of hydrogen-bond acceptors (Lipinski definition) is 3. The third-order valence-corrected chi connectivity index (χ3v) is 4.11. The van der Waals surface area contributed by atoms with Crippen molar-refractivity contribution in [1.82, 2.24) is 0 Å². The smallest absolute Gasteiger partial charge is 0.228 e. The molecule has 0 unspecified atom stereocenters. The molecule has 1 aromatic carbocycles. The molecule has 0 radical (unpaired) electrons. The van der Waals surface area contributed by atoms with Crippen molar-refractivity contribution in [3.8, 4) is 0 Å². The molecule has 5 heteroatoms. The fourth-order valence-electron chi connectivity index (χ4n) is 2.31. The summed E-state index contributed by atoms with van der Waals surface area (Å²) in [6.45, 7) is 1.95. The van der Waals surface area contributed by atoms with Crippen molar-refractivity contribution >= 4 is 33.5 Å². The molecule has 1 N–H and O–H groups in total. The van der Waals surface area contributed by atoms with E-state index in [0.717, 1.165) is 10.0 Å². The fraction of sp³-hybridized carbons (Fsp3) is 0.333. The number of carbonyl (C=O) groups excluding carboxylic acids is 2. The van der Waals surface area contributed by atoms with E-state index in [1.165, 1.54) is 0 Å². The maximum absolute atomic E-state index is 12.3. The van der Waals surface area contributed by atoms with E-state index < -0.39 is 17.8 Å². The number of anilines is 1. The van der Waals surface area contributed by atoms with E-state index in [4.69, 9.17) is 0 Å². The summed E-state index contributed by atoms with van der Waals surface area (Å²) in [6.07, 6.45) is 4.39. The second-order valence-corrected chi connectivity index (χ2v) is 5.80. The third-order valence-electron chi connectivity index (χ3n) is 3.45. The molecule has 0 heterocycles. The molecule has 0 saturated heterocycles. The molecule has 1 aliphatic carbocycles. The van der Waals surface area contributed by atoms with E-state index in [9.17, 15) is 14.7 Å². The lowest BCUT2D eigenvalue weighted by molar-refractivity contribution is -0.313. The van der Waals surface area contributed by atoms with Gasteiger partial charge in [0.25, 0.3) is 0 Å². The molecule has 20 heavy (non-hydrogen) atoms. The van der Waals surface area contributed by atoms with Crippen molar-refractivity contribution in [2.75, 3.05) is 5.32 Å². The standard InChI is InChI=1S/C15H16BrNO3/c1-9-6-7-13(12(16)8-9)17-14(18)10-4-2-3-5-11(10)15(19)20/h2-3,6-8,10-11H,4-5H2,1H3,(H,17,18)(H,19,20)/p-1/t10-,11-/m0/s1. The highest BCUT2D eigenvalue weighted by Crippen LogP contribution is 2.29. The summed E-state index contributed by atoms with van der Waals surface area (Å²) in [5, 5.41) is 13.9. The first-order valence-corrected chi connectivity index (χ1v) is 7.21. The van der Waals surface area contributed by atoms with Gasteiger partial charge in [-0.3, -0.25) is 4.79 Å². The first-order valence-electron chi connectivity index (χ1n) is 6.42. The predicted molar refractivity (Wildman–Crippen MR) is 77.9 cm³/mol. The van der Waals surface area contributed by atoms with Gasteiger partial charge in [-0.2, -0.15) is 0 Å². The minimum Gasteiger partial charge on any atom is -0.550 e. The molecule has 0 fully saturated rings. The number of amides is 1. The normalized spacial score (nSPS) is 21.5. The lowest BCUT2D eigenvalue weighted by Crippen LogP contribution is -2.41. The van der Waals surface area contributed by atoms with Gasteiger partial charge in [0.1, 0.15) is 0 Å². The molecule has 1 aromatic rings. The number of halogens is 1. The monoisotopic (exact) mass is 336 g/mol. The Labute approximate surface area is 126 Å². The number of allylic oxidation sites excluding steroid dienone is 2. The van der Waals surface area contributed by atoms with Gasteiger partial charge in [-0.05, 0) is 53.4 Å². The maximum Gasteiger partial charge on any atom is 0.228 e. The van der Waals surface area contributed by atoms with Crippen LogP contribution in [0.25, 0.3) is 0 Å². The highest BCUT2D eigenvalue weighted by molar-refractivity contribution is 9.10. The van der Waals surface area contributed by atoms with Crippen LogP contribution in [0.15, 0.2) is 34.8 Å². The number of benzene rings is 1. The molecule has 0 aliphatic heterocycles. The van der Waals surface area contributed by atoms with Gasteiger partial charge in [0, 0.05) is 16.4 Å². The second kappa shape index (κ2) is 6.22. The number of carbonyl (C=O) groups is 2. The number of hydrogen-bond donors (Lipinski definition) is 1. The minimum atomic E-state index is -1.17. The van der Waals surface area contributed by atoms with Crippen molar-refractivity contribution < 1.29 is 14.7 Å². The average molecular weight is 337 g/mol. The van der Waals surface area contributed by atoms with Gasteiger partial charge in [-0.25, -0.2) is 0 Å². The summed E-state index contributed by atoms with van der Waals surface area (Å²) < 4.78 is 0.780. The largest absolute Gasteiger partial charge is 0.550 e. The average Bonchev–Trinajstić information content (AvgIpc) is 2.41. The van der Waals surface area contributed by atoms with Crippen LogP contribution in [0, 0.1) is 18.8 Å². The summed E-state index contributed by atoms with van der Waals surface area (Å²) in [7, 11) is 0. The van der Waals surface area contributed by atoms with E-state index >= 15 is 0 Å². The van der Waals surface area contributed by atoms with Gasteiger partial charge in [0.15, 0.2) is 0 Å². The molecule has 106 valence electrons. The van der Waals surface area contributed by atoms with E-state index in [2.05, 4.69) is 21.2 Å². The number of nitrogens with one attached hydrogen (secondary N) is 1. The molecular weight excluding hydrogens is 322 g/mol. The van der Waals surface area contributed by atoms with Crippen molar-refractivity contribution in [3.63, 3.8) is 0 Å². The number of rotatable bonds is 3. The van der Waals surface area contributed by atoms with Gasteiger partial charge in [0.05, 0.1) is 11.6 Å². The van der Waals surface area contributed by atoms with Crippen molar-refractivity contribution in [3.05, 3.63) is 40.4 Å². The lowest BCUT2D eigenvalue weighted by Gasteiger charge is -2.28. The zero-order chi connectivity index (χ0) is 14.7. The summed E-state index contributed by atoms with van der Waals surface area (Å²) >= 11 is 3.39. The zero-order valence-electron chi connectivity index (χ0n) is 11.1. The van der Waals surface area contributed by atoms with E-state index in [1.807, 2.05) is 25.1 Å². The van der Waals surface area contributed by atoms with Crippen molar-refractivity contribution in [2.24, 2.45) is 11.8 Å². The SMILES string of the molecule is Cc1ccc(NC(=O)[C@H]2CC=CC[C@@H]2C(=O)[O-])c(Br)c1. The Bertz CT molecular complexity index is 568. The van der Waals surface area contributed by atoms with Gasteiger partial charge in [-0.1, -0.05) is 18.2 Å².